The number of rotatable bonds is 4. The zero-order valence-electron chi connectivity index (χ0n) is 12.9. The van der Waals surface area contributed by atoms with E-state index in [0.29, 0.717) is 30.1 Å². The molecule has 0 aromatic heterocycles. The number of carbonyl (C=O) groups is 3. The third kappa shape index (κ3) is 4.69. The number of hydrogen-bond donors (Lipinski definition) is 1. The van der Waals surface area contributed by atoms with Crippen molar-refractivity contribution in [2.45, 2.75) is 12.8 Å². The summed E-state index contributed by atoms with van der Waals surface area (Å²) in [5, 5.41) is 3.11. The Hall–Kier alpha value is -2.08. The third-order valence-corrected chi connectivity index (χ3v) is 4.06. The number of esters is 1. The predicted molar refractivity (Wildman–Crippen MR) is 85.1 cm³/mol. The zero-order valence-corrected chi connectivity index (χ0v) is 13.6. The molecular weight excluding hydrogens is 320 g/mol. The van der Waals surface area contributed by atoms with Crippen LogP contribution in [0.2, 0.25) is 5.02 Å². The van der Waals surface area contributed by atoms with Crippen LogP contribution in [0.1, 0.15) is 23.2 Å². The summed E-state index contributed by atoms with van der Waals surface area (Å²) >= 11 is 5.82. The molecule has 1 unspecified atom stereocenters. The molecule has 23 heavy (non-hydrogen) atoms. The SMILES string of the molecule is COC(=O)CNC(=O)C1CCCN(C(=O)c2ccc(Cl)cc2)C1. The second-order valence-electron chi connectivity index (χ2n) is 5.39. The molecule has 1 saturated heterocycles. The molecule has 1 heterocycles. The number of nitrogens with zero attached hydrogens (tertiary/aromatic N) is 1. The maximum absolute atomic E-state index is 12.5. The fourth-order valence-electron chi connectivity index (χ4n) is 2.53. The molecule has 0 radical (unpaired) electrons. The second-order valence-corrected chi connectivity index (χ2v) is 5.83. The first-order chi connectivity index (χ1) is 11.0. The highest BCUT2D eigenvalue weighted by molar-refractivity contribution is 6.30. The van der Waals surface area contributed by atoms with Crippen molar-refractivity contribution in [3.05, 3.63) is 34.9 Å². The number of halogens is 1. The van der Waals surface area contributed by atoms with E-state index in [9.17, 15) is 14.4 Å². The van der Waals surface area contributed by atoms with Crippen molar-refractivity contribution in [2.75, 3.05) is 26.7 Å². The number of carbonyl (C=O) groups excluding carboxylic acids is 3. The van der Waals surface area contributed by atoms with Crippen LogP contribution < -0.4 is 5.32 Å². The maximum atomic E-state index is 12.5. The highest BCUT2D eigenvalue weighted by Gasteiger charge is 2.29. The number of likely N-dealkylation sites (tertiary alicyclic amines) is 1. The van der Waals surface area contributed by atoms with Gasteiger partial charge in [0.2, 0.25) is 5.91 Å². The van der Waals surface area contributed by atoms with Gasteiger partial charge in [-0.2, -0.15) is 0 Å². The first kappa shape index (κ1) is 17.3. The molecule has 124 valence electrons. The van der Waals surface area contributed by atoms with Gasteiger partial charge in [0.05, 0.1) is 13.0 Å². The Morgan fingerprint density at radius 2 is 2.00 bits per heavy atom. The van der Waals surface area contributed by atoms with E-state index in [2.05, 4.69) is 10.1 Å². The number of hydrogen-bond acceptors (Lipinski definition) is 4. The number of piperidine rings is 1. The molecule has 1 aromatic rings. The summed E-state index contributed by atoms with van der Waals surface area (Å²) < 4.78 is 4.49. The van der Waals surface area contributed by atoms with Crippen molar-refractivity contribution >= 4 is 29.4 Å². The number of benzene rings is 1. The van der Waals surface area contributed by atoms with Gasteiger partial charge in [-0.05, 0) is 37.1 Å². The van der Waals surface area contributed by atoms with Crippen LogP contribution >= 0.6 is 11.6 Å². The fraction of sp³-hybridized carbons (Fsp3) is 0.438. The summed E-state index contributed by atoms with van der Waals surface area (Å²) in [6, 6.07) is 6.68. The Labute approximate surface area is 139 Å². The predicted octanol–water partition coefficient (Wildman–Crippen LogP) is 1.48. The summed E-state index contributed by atoms with van der Waals surface area (Å²) in [6.07, 6.45) is 1.44. The Balaban J connectivity index is 1.94. The molecule has 1 atom stereocenters. The Bertz CT molecular complexity index is 588. The van der Waals surface area contributed by atoms with Gasteiger partial charge in [-0.3, -0.25) is 14.4 Å². The Morgan fingerprint density at radius 3 is 2.65 bits per heavy atom. The van der Waals surface area contributed by atoms with Crippen molar-refractivity contribution in [2.24, 2.45) is 5.92 Å². The van der Waals surface area contributed by atoms with Crippen LogP contribution in [0.5, 0.6) is 0 Å². The van der Waals surface area contributed by atoms with E-state index in [1.54, 1.807) is 29.2 Å². The molecule has 7 heteroatoms. The van der Waals surface area contributed by atoms with Gasteiger partial charge in [0.15, 0.2) is 0 Å². The summed E-state index contributed by atoms with van der Waals surface area (Å²) in [5.74, 6) is -1.16. The van der Waals surface area contributed by atoms with Gasteiger partial charge >= 0.3 is 5.97 Å². The maximum Gasteiger partial charge on any atom is 0.325 e. The topological polar surface area (TPSA) is 75.7 Å². The molecule has 0 aliphatic carbocycles. The van der Waals surface area contributed by atoms with E-state index in [4.69, 9.17) is 11.6 Å². The summed E-state index contributed by atoms with van der Waals surface area (Å²) in [6.45, 7) is 0.799. The highest BCUT2D eigenvalue weighted by Crippen LogP contribution is 2.19. The Kier molecular flexibility index (Phi) is 5.98. The average Bonchev–Trinajstić information content (AvgIpc) is 2.59. The van der Waals surface area contributed by atoms with Crippen molar-refractivity contribution in [1.29, 1.82) is 0 Å². The van der Waals surface area contributed by atoms with Crippen LogP contribution in [0.25, 0.3) is 0 Å². The molecule has 0 saturated carbocycles. The Morgan fingerprint density at radius 1 is 1.30 bits per heavy atom. The van der Waals surface area contributed by atoms with E-state index < -0.39 is 5.97 Å². The third-order valence-electron chi connectivity index (χ3n) is 3.81. The van der Waals surface area contributed by atoms with E-state index in [0.717, 1.165) is 6.42 Å². The van der Waals surface area contributed by atoms with Gasteiger partial charge < -0.3 is 15.0 Å². The van der Waals surface area contributed by atoms with Gasteiger partial charge in [-0.25, -0.2) is 0 Å². The lowest BCUT2D eigenvalue weighted by atomic mass is 9.96. The van der Waals surface area contributed by atoms with Gasteiger partial charge in [0.25, 0.3) is 5.91 Å². The lowest BCUT2D eigenvalue weighted by Crippen LogP contribution is -2.46. The van der Waals surface area contributed by atoms with Crippen LogP contribution in [-0.2, 0) is 14.3 Å². The number of amides is 2. The quantitative estimate of drug-likeness (QED) is 0.844. The molecule has 2 amide bonds. The first-order valence-corrected chi connectivity index (χ1v) is 7.78. The molecule has 1 aromatic carbocycles. The zero-order chi connectivity index (χ0) is 16.8. The van der Waals surface area contributed by atoms with Gasteiger partial charge in [0, 0.05) is 23.7 Å². The van der Waals surface area contributed by atoms with Crippen LogP contribution in [0.3, 0.4) is 0 Å². The molecule has 2 rings (SSSR count). The van der Waals surface area contributed by atoms with E-state index in [1.807, 2.05) is 0 Å². The minimum atomic E-state index is -0.497. The van der Waals surface area contributed by atoms with Crippen LogP contribution in [0, 0.1) is 5.92 Å². The van der Waals surface area contributed by atoms with Gasteiger partial charge in [-0.1, -0.05) is 11.6 Å². The standard InChI is InChI=1S/C16H19ClN2O4/c1-23-14(20)9-18-15(21)12-3-2-8-19(10-12)16(22)11-4-6-13(17)7-5-11/h4-7,12H,2-3,8-10H2,1H3,(H,18,21). The summed E-state index contributed by atoms with van der Waals surface area (Å²) in [7, 11) is 1.27. The second kappa shape index (κ2) is 7.97. The molecular formula is C16H19ClN2O4. The van der Waals surface area contributed by atoms with Crippen molar-refractivity contribution in [3.8, 4) is 0 Å². The van der Waals surface area contributed by atoms with Crippen molar-refractivity contribution in [1.82, 2.24) is 10.2 Å². The van der Waals surface area contributed by atoms with Gasteiger partial charge in [0.1, 0.15) is 6.54 Å². The highest BCUT2D eigenvalue weighted by atomic mass is 35.5. The first-order valence-electron chi connectivity index (χ1n) is 7.40. The number of ether oxygens (including phenoxy) is 1. The molecule has 1 fully saturated rings. The fourth-order valence-corrected chi connectivity index (χ4v) is 2.65. The average molecular weight is 339 g/mol. The summed E-state index contributed by atoms with van der Waals surface area (Å²) in [4.78, 5) is 37.3. The van der Waals surface area contributed by atoms with Crippen molar-refractivity contribution < 1.29 is 19.1 Å². The molecule has 6 nitrogen and oxygen atoms in total. The monoisotopic (exact) mass is 338 g/mol. The normalized spacial score (nSPS) is 17.5. The minimum Gasteiger partial charge on any atom is -0.468 e. The lowest BCUT2D eigenvalue weighted by Gasteiger charge is -2.32. The number of nitrogens with one attached hydrogen (secondary N) is 1. The molecule has 0 spiro atoms. The summed E-state index contributed by atoms with van der Waals surface area (Å²) in [5.41, 5.74) is 0.546. The lowest BCUT2D eigenvalue weighted by molar-refractivity contribution is -0.141. The van der Waals surface area contributed by atoms with E-state index >= 15 is 0 Å². The molecule has 0 bridgehead atoms. The molecule has 1 aliphatic heterocycles. The number of methoxy groups -OCH3 is 1. The van der Waals surface area contributed by atoms with E-state index in [-0.39, 0.29) is 24.3 Å². The largest absolute Gasteiger partial charge is 0.468 e. The molecule has 1 N–H and O–H groups in total. The van der Waals surface area contributed by atoms with Gasteiger partial charge in [-0.15, -0.1) is 0 Å². The smallest absolute Gasteiger partial charge is 0.325 e. The minimum absolute atomic E-state index is 0.118. The van der Waals surface area contributed by atoms with Crippen LogP contribution in [0.15, 0.2) is 24.3 Å². The van der Waals surface area contributed by atoms with Crippen LogP contribution in [0.4, 0.5) is 0 Å². The van der Waals surface area contributed by atoms with Crippen LogP contribution in [-0.4, -0.2) is 49.4 Å². The molecule has 1 aliphatic rings. The van der Waals surface area contributed by atoms with E-state index in [1.165, 1.54) is 7.11 Å². The van der Waals surface area contributed by atoms with Crippen molar-refractivity contribution in [3.63, 3.8) is 0 Å².